The van der Waals surface area contributed by atoms with Gasteiger partial charge in [0.05, 0.1) is 26.0 Å². The molecular weight excluding hydrogens is 447 g/mol. The number of nitrogens with zero attached hydrogens (tertiary/aromatic N) is 3. The fourth-order valence-electron chi connectivity index (χ4n) is 4.58. The Balaban J connectivity index is 1.48. The molecule has 4 atom stereocenters. The zero-order chi connectivity index (χ0) is 23.3. The molecule has 0 aliphatic carbocycles. The van der Waals surface area contributed by atoms with Gasteiger partial charge >= 0.3 is 6.18 Å². The largest absolute Gasteiger partial charge is 0.425 e. The van der Waals surface area contributed by atoms with Crippen LogP contribution in [0.15, 0.2) is 18.5 Å². The van der Waals surface area contributed by atoms with E-state index < -0.39 is 28.4 Å². The summed E-state index contributed by atoms with van der Waals surface area (Å²) in [5.74, 6) is 0. The number of aliphatic hydroxyl groups is 3. The second-order valence-corrected chi connectivity index (χ2v) is 10.2. The Labute approximate surface area is 188 Å². The molecule has 1 saturated heterocycles. The van der Waals surface area contributed by atoms with Crippen LogP contribution in [0.3, 0.4) is 0 Å². The second-order valence-electron chi connectivity index (χ2n) is 9.19. The minimum Gasteiger partial charge on any atom is -0.393 e. The molecule has 2 aromatic rings. The predicted molar refractivity (Wildman–Crippen MR) is 111 cm³/mol. The molecule has 0 amide bonds. The maximum Gasteiger partial charge on any atom is 0.425 e. The number of hydrogen-bond acceptors (Lipinski definition) is 7. The third-order valence-electron chi connectivity index (χ3n) is 6.30. The van der Waals surface area contributed by atoms with E-state index >= 15 is 0 Å². The second kappa shape index (κ2) is 8.37. The minimum atomic E-state index is -4.45. The van der Waals surface area contributed by atoms with Crippen LogP contribution in [0.5, 0.6) is 0 Å². The normalized spacial score (nSPS) is 28.6. The number of piperidine rings is 1. The Kier molecular flexibility index (Phi) is 6.19. The molecule has 4 heterocycles. The Morgan fingerprint density at radius 1 is 1.38 bits per heavy atom. The van der Waals surface area contributed by atoms with Crippen LogP contribution in [0.2, 0.25) is 0 Å². The molecule has 4 rings (SSSR count). The predicted octanol–water partition coefficient (Wildman–Crippen LogP) is 2.65. The highest BCUT2D eigenvalue weighted by atomic mass is 32.1. The lowest BCUT2D eigenvalue weighted by Gasteiger charge is -2.47. The van der Waals surface area contributed by atoms with Gasteiger partial charge in [-0.2, -0.15) is 18.3 Å². The first-order valence-electron chi connectivity index (χ1n) is 10.5. The van der Waals surface area contributed by atoms with Crippen molar-refractivity contribution in [1.82, 2.24) is 14.7 Å². The van der Waals surface area contributed by atoms with Gasteiger partial charge < -0.3 is 20.1 Å². The van der Waals surface area contributed by atoms with Crippen molar-refractivity contribution in [2.24, 2.45) is 0 Å². The van der Waals surface area contributed by atoms with Crippen LogP contribution in [-0.2, 0) is 29.6 Å². The van der Waals surface area contributed by atoms with Crippen LogP contribution in [-0.4, -0.2) is 61.4 Å². The number of fused-ring (bicyclic) bond motifs is 2. The molecule has 0 saturated carbocycles. The van der Waals surface area contributed by atoms with Crippen molar-refractivity contribution in [2.75, 3.05) is 19.8 Å². The highest BCUT2D eigenvalue weighted by Gasteiger charge is 2.48. The van der Waals surface area contributed by atoms with Crippen molar-refractivity contribution >= 4 is 11.3 Å². The fraction of sp³-hybridized carbons (Fsp3) is 0.667. The molecule has 3 N–H and O–H groups in total. The monoisotopic (exact) mass is 475 g/mol. The Hall–Kier alpha value is -1.50. The zero-order valence-electron chi connectivity index (χ0n) is 18.0. The maximum absolute atomic E-state index is 13.3. The van der Waals surface area contributed by atoms with Gasteiger partial charge in [0.2, 0.25) is 0 Å². The van der Waals surface area contributed by atoms with Crippen LogP contribution in [0, 0.1) is 0 Å². The average molecular weight is 476 g/mol. The lowest BCUT2D eigenvalue weighted by molar-refractivity contribution is -0.139. The first-order chi connectivity index (χ1) is 14.9. The van der Waals surface area contributed by atoms with Crippen molar-refractivity contribution in [3.05, 3.63) is 39.3 Å². The summed E-state index contributed by atoms with van der Waals surface area (Å²) in [7, 11) is 0. The molecule has 1 spiro atoms. The molecule has 2 aliphatic rings. The third-order valence-corrected chi connectivity index (χ3v) is 7.68. The summed E-state index contributed by atoms with van der Waals surface area (Å²) < 4.78 is 47.5. The molecule has 1 unspecified atom stereocenters. The summed E-state index contributed by atoms with van der Waals surface area (Å²) in [5, 5.41) is 33.7. The summed E-state index contributed by atoms with van der Waals surface area (Å²) in [5.41, 5.74) is -0.794. The highest BCUT2D eigenvalue weighted by molar-refractivity contribution is 7.12. The molecule has 7 nitrogen and oxygen atoms in total. The first-order valence-corrected chi connectivity index (χ1v) is 11.4. The van der Waals surface area contributed by atoms with Gasteiger partial charge in [0, 0.05) is 41.3 Å². The summed E-state index contributed by atoms with van der Waals surface area (Å²) in [4.78, 5) is 2.02. The van der Waals surface area contributed by atoms with Gasteiger partial charge in [-0.05, 0) is 32.8 Å². The topological polar surface area (TPSA) is 91.0 Å². The van der Waals surface area contributed by atoms with Crippen LogP contribution in [0.25, 0.3) is 0 Å². The fourth-order valence-corrected chi connectivity index (χ4v) is 5.84. The molecule has 11 heteroatoms. The Morgan fingerprint density at radius 2 is 2.12 bits per heavy atom. The number of likely N-dealkylation sites (tertiary alicyclic amines) is 1. The van der Waals surface area contributed by atoms with Crippen LogP contribution >= 0.6 is 11.3 Å². The van der Waals surface area contributed by atoms with Crippen molar-refractivity contribution in [3.8, 4) is 0 Å². The van der Waals surface area contributed by atoms with Crippen LogP contribution in [0.1, 0.15) is 53.7 Å². The highest BCUT2D eigenvalue weighted by Crippen LogP contribution is 2.51. The zero-order valence-corrected chi connectivity index (χ0v) is 18.8. The van der Waals surface area contributed by atoms with Crippen molar-refractivity contribution < 1.29 is 33.2 Å². The number of halogens is 3. The van der Waals surface area contributed by atoms with E-state index in [-0.39, 0.29) is 25.8 Å². The van der Waals surface area contributed by atoms with Gasteiger partial charge in [-0.25, -0.2) is 0 Å². The number of hydrogen-bond donors (Lipinski definition) is 3. The molecule has 0 aromatic carbocycles. The van der Waals surface area contributed by atoms with E-state index in [0.717, 1.165) is 11.6 Å². The lowest BCUT2D eigenvalue weighted by atomic mass is 9.81. The van der Waals surface area contributed by atoms with Gasteiger partial charge in [-0.15, -0.1) is 11.3 Å². The first kappa shape index (κ1) is 23.7. The van der Waals surface area contributed by atoms with Gasteiger partial charge in [0.1, 0.15) is 22.2 Å². The van der Waals surface area contributed by atoms with Gasteiger partial charge in [0.25, 0.3) is 0 Å². The quantitative estimate of drug-likeness (QED) is 0.616. The number of alkyl halides is 3. The van der Waals surface area contributed by atoms with Crippen LogP contribution < -0.4 is 0 Å². The summed E-state index contributed by atoms with van der Waals surface area (Å²) >= 11 is 0.683. The van der Waals surface area contributed by atoms with E-state index in [1.807, 2.05) is 13.1 Å². The number of ether oxygens (including phenoxy) is 1. The lowest BCUT2D eigenvalue weighted by Crippen LogP contribution is -2.50. The standard InChI is InChI=1S/C21H28F3N3O4S/c1-13-6-20(18-15(16(29)10-31-20)5-17(32-18)21(22,23)24)3-4-26(13)8-14-7-25-27(9-14)11-19(2,30)12-28/h5,7,9,13,16,28-30H,3-4,6,8,10-12H2,1-2H3/t13-,16+,19?,20+/m0/s1. The van der Waals surface area contributed by atoms with E-state index in [2.05, 4.69) is 10.00 Å². The average Bonchev–Trinajstić information content (AvgIpc) is 3.35. The molecule has 0 bridgehead atoms. The van der Waals surface area contributed by atoms with E-state index in [4.69, 9.17) is 4.74 Å². The smallest absolute Gasteiger partial charge is 0.393 e. The van der Waals surface area contributed by atoms with E-state index in [1.54, 1.807) is 10.9 Å². The number of thiophene rings is 1. The van der Waals surface area contributed by atoms with E-state index in [9.17, 15) is 28.5 Å². The van der Waals surface area contributed by atoms with Crippen LogP contribution in [0.4, 0.5) is 13.2 Å². The van der Waals surface area contributed by atoms with Crippen molar-refractivity contribution in [1.29, 1.82) is 0 Å². The number of aromatic nitrogens is 2. The molecule has 1 fully saturated rings. The van der Waals surface area contributed by atoms with E-state index in [0.29, 0.717) is 47.7 Å². The Bertz CT molecular complexity index is 960. The molecule has 2 aliphatic heterocycles. The maximum atomic E-state index is 13.3. The third kappa shape index (κ3) is 4.59. The van der Waals surface area contributed by atoms with Crippen molar-refractivity contribution in [2.45, 2.75) is 69.3 Å². The molecule has 178 valence electrons. The molecular formula is C21H28F3N3O4S. The summed E-state index contributed by atoms with van der Waals surface area (Å²) in [6.07, 6.45) is -0.902. The van der Waals surface area contributed by atoms with Gasteiger partial charge in [-0.1, -0.05) is 0 Å². The summed E-state index contributed by atoms with van der Waals surface area (Å²) in [6.45, 7) is 4.57. The minimum absolute atomic E-state index is 0.00863. The number of aliphatic hydroxyl groups excluding tert-OH is 2. The van der Waals surface area contributed by atoms with E-state index in [1.165, 1.54) is 6.92 Å². The van der Waals surface area contributed by atoms with Crippen molar-refractivity contribution in [3.63, 3.8) is 0 Å². The van der Waals surface area contributed by atoms with Gasteiger partial charge in [0.15, 0.2) is 0 Å². The molecule has 0 radical (unpaired) electrons. The van der Waals surface area contributed by atoms with Gasteiger partial charge in [-0.3, -0.25) is 9.58 Å². The molecule has 32 heavy (non-hydrogen) atoms. The molecule has 2 aromatic heterocycles. The number of rotatable bonds is 5. The Morgan fingerprint density at radius 3 is 2.78 bits per heavy atom. The summed E-state index contributed by atoms with van der Waals surface area (Å²) in [6, 6.07) is 1.11. The SMILES string of the molecule is C[C@H]1C[C@@]2(CCN1Cc1cnn(CC(C)(O)CO)c1)OC[C@@H](O)c1cc(C(F)(F)F)sc12.